The summed E-state index contributed by atoms with van der Waals surface area (Å²) in [6.45, 7) is -0.0826. The van der Waals surface area contributed by atoms with E-state index in [1.54, 1.807) is 6.07 Å². The number of H-pyrrole nitrogens is 1. The molecule has 0 aliphatic carbocycles. The predicted molar refractivity (Wildman–Crippen MR) is 74.5 cm³/mol. The van der Waals surface area contributed by atoms with Crippen molar-refractivity contribution in [3.8, 4) is 0 Å². The molecule has 8 nitrogen and oxygen atoms in total. The largest absolute Gasteiger partial charge is 0.398 e. The van der Waals surface area contributed by atoms with Gasteiger partial charge in [0.1, 0.15) is 4.90 Å². The second-order valence-corrected chi connectivity index (χ2v) is 6.93. The van der Waals surface area contributed by atoms with E-state index in [2.05, 4.69) is 57.2 Å². The van der Waals surface area contributed by atoms with Crippen LogP contribution in [-0.2, 0) is 16.6 Å². The Kier molecular flexibility index (Phi) is 4.18. The minimum absolute atomic E-state index is 0.0285. The average molecular weight is 412 g/mol. The Balaban J connectivity index is 2.29. The lowest BCUT2D eigenvalue weighted by Gasteiger charge is -2.10. The minimum Gasteiger partial charge on any atom is -0.398 e. The monoisotopic (exact) mass is 410 g/mol. The zero-order valence-corrected chi connectivity index (χ0v) is 13.2. The number of nitrogens with two attached hydrogens (primary N) is 1. The van der Waals surface area contributed by atoms with Crippen LogP contribution in [0.15, 0.2) is 26.0 Å². The molecule has 0 aliphatic heterocycles. The Bertz CT molecular complexity index is 664. The quantitative estimate of drug-likeness (QED) is 0.638. The fraction of sp³-hybridized carbons (Fsp3) is 0.125. The number of hydrogen-bond acceptors (Lipinski definition) is 6. The Morgan fingerprint density at radius 2 is 2.11 bits per heavy atom. The molecular formula is C8H8Br2N6O2S. The third kappa shape index (κ3) is 3.29. The smallest absolute Gasteiger partial charge is 0.244 e. The molecule has 0 saturated heterocycles. The molecule has 2 aromatic rings. The number of halogens is 2. The Morgan fingerprint density at radius 3 is 2.68 bits per heavy atom. The SMILES string of the molecule is Nc1cc(Br)cc(Br)c1S(=O)(=O)NCc1nn[nH]n1. The number of nitrogens with zero attached hydrogens (tertiary/aromatic N) is 3. The first kappa shape index (κ1) is 14.4. The Labute approximate surface area is 125 Å². The number of nitrogen functional groups attached to an aromatic ring is 1. The molecule has 1 aromatic carbocycles. The van der Waals surface area contributed by atoms with Crippen LogP contribution < -0.4 is 10.5 Å². The Hall–Kier alpha value is -1.04. The van der Waals surface area contributed by atoms with Crippen molar-refractivity contribution in [1.29, 1.82) is 0 Å². The van der Waals surface area contributed by atoms with Gasteiger partial charge in [-0.25, -0.2) is 13.1 Å². The fourth-order valence-corrected chi connectivity index (χ4v) is 4.40. The van der Waals surface area contributed by atoms with Gasteiger partial charge < -0.3 is 5.73 Å². The van der Waals surface area contributed by atoms with Gasteiger partial charge in [0.2, 0.25) is 10.0 Å². The Morgan fingerprint density at radius 1 is 1.37 bits per heavy atom. The van der Waals surface area contributed by atoms with Crippen LogP contribution in [-0.4, -0.2) is 29.0 Å². The van der Waals surface area contributed by atoms with Gasteiger partial charge in [-0.3, -0.25) is 0 Å². The summed E-state index contributed by atoms with van der Waals surface area (Å²) < 4.78 is 27.7. The first-order valence-corrected chi connectivity index (χ1v) is 7.93. The number of tetrazole rings is 1. The molecule has 0 bridgehead atoms. The summed E-state index contributed by atoms with van der Waals surface area (Å²) in [4.78, 5) is -0.0285. The van der Waals surface area contributed by atoms with Crippen LogP contribution in [0.25, 0.3) is 0 Å². The van der Waals surface area contributed by atoms with Gasteiger partial charge in [0, 0.05) is 8.95 Å². The molecule has 0 fully saturated rings. The number of sulfonamides is 1. The van der Waals surface area contributed by atoms with E-state index in [4.69, 9.17) is 5.73 Å². The number of aromatic amines is 1. The van der Waals surface area contributed by atoms with E-state index in [0.717, 1.165) is 0 Å². The second kappa shape index (κ2) is 5.53. The van der Waals surface area contributed by atoms with Crippen molar-refractivity contribution < 1.29 is 8.42 Å². The molecule has 0 aliphatic rings. The lowest BCUT2D eigenvalue weighted by molar-refractivity contribution is 0.579. The van der Waals surface area contributed by atoms with E-state index in [0.29, 0.717) is 8.95 Å². The molecule has 11 heteroatoms. The zero-order chi connectivity index (χ0) is 14.0. The number of nitrogens with one attached hydrogen (secondary N) is 2. The molecular weight excluding hydrogens is 404 g/mol. The standard InChI is InChI=1S/C8H8Br2N6O2S/c9-4-1-5(10)8(6(11)2-4)19(17,18)12-3-7-13-15-16-14-7/h1-2,12H,3,11H2,(H,13,14,15,16). The summed E-state index contributed by atoms with van der Waals surface area (Å²) in [5.41, 5.74) is 5.86. The number of aromatic nitrogens is 4. The maximum Gasteiger partial charge on any atom is 0.244 e. The molecule has 1 aromatic heterocycles. The normalized spacial score (nSPS) is 11.7. The predicted octanol–water partition coefficient (Wildman–Crippen LogP) is 0.785. The first-order valence-electron chi connectivity index (χ1n) is 4.86. The highest BCUT2D eigenvalue weighted by Gasteiger charge is 2.21. The summed E-state index contributed by atoms with van der Waals surface area (Å²) >= 11 is 6.40. The molecule has 2 rings (SSSR count). The van der Waals surface area contributed by atoms with Gasteiger partial charge in [-0.05, 0) is 28.1 Å². The average Bonchev–Trinajstić information content (AvgIpc) is 2.77. The molecule has 0 unspecified atom stereocenters. The summed E-state index contributed by atoms with van der Waals surface area (Å²) in [5, 5.41) is 12.9. The van der Waals surface area contributed by atoms with Crippen LogP contribution >= 0.6 is 31.9 Å². The second-order valence-electron chi connectivity index (χ2n) is 3.46. The fourth-order valence-electron chi connectivity index (χ4n) is 1.35. The molecule has 0 amide bonds. The summed E-state index contributed by atoms with van der Waals surface area (Å²) in [7, 11) is -3.78. The topological polar surface area (TPSA) is 127 Å². The number of rotatable bonds is 4. The van der Waals surface area contributed by atoms with E-state index >= 15 is 0 Å². The van der Waals surface area contributed by atoms with E-state index in [1.807, 2.05) is 0 Å². The van der Waals surface area contributed by atoms with Crippen LogP contribution in [0, 0.1) is 0 Å². The van der Waals surface area contributed by atoms with Gasteiger partial charge in [-0.1, -0.05) is 21.1 Å². The van der Waals surface area contributed by atoms with Gasteiger partial charge >= 0.3 is 0 Å². The highest BCUT2D eigenvalue weighted by molar-refractivity contribution is 9.11. The maximum atomic E-state index is 12.2. The van der Waals surface area contributed by atoms with Crippen molar-refractivity contribution in [3.05, 3.63) is 26.9 Å². The van der Waals surface area contributed by atoms with Crippen molar-refractivity contribution in [3.63, 3.8) is 0 Å². The van der Waals surface area contributed by atoms with Crippen molar-refractivity contribution in [2.45, 2.75) is 11.4 Å². The van der Waals surface area contributed by atoms with Gasteiger partial charge in [0.25, 0.3) is 0 Å². The lowest BCUT2D eigenvalue weighted by Crippen LogP contribution is -2.25. The summed E-state index contributed by atoms with van der Waals surface area (Å²) in [6, 6.07) is 3.10. The van der Waals surface area contributed by atoms with E-state index in [9.17, 15) is 8.42 Å². The van der Waals surface area contributed by atoms with Crippen molar-refractivity contribution in [1.82, 2.24) is 25.3 Å². The summed E-state index contributed by atoms with van der Waals surface area (Å²) in [5.74, 6) is 0.232. The molecule has 0 saturated carbocycles. The maximum absolute atomic E-state index is 12.2. The first-order chi connectivity index (χ1) is 8.90. The van der Waals surface area contributed by atoms with Gasteiger partial charge in [-0.15, -0.1) is 10.2 Å². The summed E-state index contributed by atoms with van der Waals surface area (Å²) in [6.07, 6.45) is 0. The molecule has 0 atom stereocenters. The third-order valence-corrected chi connectivity index (χ3v) is 4.98. The van der Waals surface area contributed by atoms with E-state index < -0.39 is 10.0 Å². The van der Waals surface area contributed by atoms with Crippen LogP contribution in [0.2, 0.25) is 0 Å². The molecule has 4 N–H and O–H groups in total. The van der Waals surface area contributed by atoms with Crippen LogP contribution in [0.5, 0.6) is 0 Å². The highest BCUT2D eigenvalue weighted by Crippen LogP contribution is 2.31. The third-order valence-electron chi connectivity index (χ3n) is 2.12. The number of hydrogen-bond donors (Lipinski definition) is 3. The van der Waals surface area contributed by atoms with Crippen LogP contribution in [0.3, 0.4) is 0 Å². The highest BCUT2D eigenvalue weighted by atomic mass is 79.9. The molecule has 19 heavy (non-hydrogen) atoms. The minimum atomic E-state index is -3.78. The molecule has 102 valence electrons. The molecule has 0 spiro atoms. The number of benzene rings is 1. The van der Waals surface area contributed by atoms with Gasteiger partial charge in [-0.2, -0.15) is 5.21 Å². The van der Waals surface area contributed by atoms with Crippen molar-refractivity contribution >= 4 is 47.6 Å². The van der Waals surface area contributed by atoms with Crippen molar-refractivity contribution in [2.24, 2.45) is 0 Å². The van der Waals surface area contributed by atoms with Gasteiger partial charge in [0.05, 0.1) is 12.2 Å². The van der Waals surface area contributed by atoms with E-state index in [1.165, 1.54) is 6.07 Å². The zero-order valence-electron chi connectivity index (χ0n) is 9.26. The van der Waals surface area contributed by atoms with Crippen LogP contribution in [0.1, 0.15) is 5.82 Å². The van der Waals surface area contributed by atoms with Crippen molar-refractivity contribution in [2.75, 3.05) is 5.73 Å². The number of anilines is 1. The molecule has 0 radical (unpaired) electrons. The van der Waals surface area contributed by atoms with Gasteiger partial charge in [0.15, 0.2) is 5.82 Å². The molecule has 1 heterocycles. The lowest BCUT2D eigenvalue weighted by atomic mass is 10.3. The van der Waals surface area contributed by atoms with Crippen LogP contribution in [0.4, 0.5) is 5.69 Å². The van der Waals surface area contributed by atoms with E-state index in [-0.39, 0.29) is 23.0 Å².